The minimum Gasteiger partial charge on any atom is -0.465 e. The van der Waals surface area contributed by atoms with Crippen LogP contribution in [0.25, 0.3) is 0 Å². The summed E-state index contributed by atoms with van der Waals surface area (Å²) in [5, 5.41) is 12.2. The molecule has 0 spiro atoms. The highest BCUT2D eigenvalue weighted by Gasteiger charge is 2.45. The highest BCUT2D eigenvalue weighted by molar-refractivity contribution is 5.91. The number of aliphatic hydroxyl groups excluding tert-OH is 1. The van der Waals surface area contributed by atoms with Crippen LogP contribution in [0.2, 0.25) is 0 Å². The number of carbonyl (C=O) groups excluding carboxylic acids is 1. The number of carbonyl (C=O) groups is 1. The number of methoxy groups -OCH3 is 1. The van der Waals surface area contributed by atoms with Crippen molar-refractivity contribution in [3.8, 4) is 0 Å². The van der Waals surface area contributed by atoms with E-state index in [2.05, 4.69) is 10.1 Å². The molecule has 130 valence electrons. The molecule has 0 amide bonds. The first-order valence-electron chi connectivity index (χ1n) is 7.12. The van der Waals surface area contributed by atoms with Crippen molar-refractivity contribution < 1.29 is 23.4 Å². The summed E-state index contributed by atoms with van der Waals surface area (Å²) < 4.78 is 33.4. The zero-order valence-corrected chi connectivity index (χ0v) is 13.6. The maximum absolute atomic E-state index is 14.4. The van der Waals surface area contributed by atoms with E-state index in [-0.39, 0.29) is 23.5 Å². The van der Waals surface area contributed by atoms with Crippen molar-refractivity contribution in [1.82, 2.24) is 10.2 Å². The van der Waals surface area contributed by atoms with Crippen LogP contribution in [0, 0.1) is 0 Å². The predicted octanol–water partition coefficient (Wildman–Crippen LogP) is 1.47. The van der Waals surface area contributed by atoms with Crippen LogP contribution in [0.15, 0.2) is 24.3 Å². The fourth-order valence-electron chi connectivity index (χ4n) is 2.75. The van der Waals surface area contributed by atoms with E-state index in [0.717, 1.165) is 0 Å². The number of nitrogens with zero attached hydrogens (tertiary/aromatic N) is 1. The van der Waals surface area contributed by atoms with E-state index in [1.165, 1.54) is 19.2 Å². The molecule has 1 heterocycles. The minimum absolute atomic E-state index is 0. The van der Waals surface area contributed by atoms with Gasteiger partial charge in [-0.05, 0) is 11.6 Å². The average molecular weight is 351 g/mol. The van der Waals surface area contributed by atoms with Crippen molar-refractivity contribution in [3.63, 3.8) is 0 Å². The molecule has 1 aliphatic heterocycles. The SMILES string of the molecule is COC(=O)c1ccccc1[C@H](N1CCNCC1)C(F)(F)CO.Cl. The van der Waals surface area contributed by atoms with Gasteiger partial charge in [0.05, 0.1) is 12.7 Å². The maximum atomic E-state index is 14.4. The summed E-state index contributed by atoms with van der Waals surface area (Å²) in [7, 11) is 1.21. The van der Waals surface area contributed by atoms with Crippen molar-refractivity contribution >= 4 is 18.4 Å². The first-order valence-corrected chi connectivity index (χ1v) is 7.12. The second-order valence-electron chi connectivity index (χ2n) is 5.19. The van der Waals surface area contributed by atoms with Gasteiger partial charge < -0.3 is 15.2 Å². The number of aliphatic hydroxyl groups is 1. The summed E-state index contributed by atoms with van der Waals surface area (Å²) in [5.74, 6) is -4.02. The standard InChI is InChI=1S/C15H20F2N2O3.ClH/c1-22-14(21)12-5-3-2-4-11(12)13(15(16,17)10-20)19-8-6-18-7-9-19;/h2-5,13,18,20H,6-10H2,1H3;1H/t13-;/m0./s1. The highest BCUT2D eigenvalue weighted by atomic mass is 35.5. The van der Waals surface area contributed by atoms with Gasteiger partial charge in [-0.15, -0.1) is 12.4 Å². The number of hydrogen-bond acceptors (Lipinski definition) is 5. The summed E-state index contributed by atoms with van der Waals surface area (Å²) in [6.45, 7) is 0.708. The number of hydrogen-bond donors (Lipinski definition) is 2. The fraction of sp³-hybridized carbons (Fsp3) is 0.533. The van der Waals surface area contributed by atoms with Crippen LogP contribution in [0.4, 0.5) is 8.78 Å². The molecular formula is C15H21ClF2N2O3. The predicted molar refractivity (Wildman–Crippen MR) is 84.2 cm³/mol. The molecule has 5 nitrogen and oxygen atoms in total. The number of alkyl halides is 2. The van der Waals surface area contributed by atoms with Crippen LogP contribution in [0.5, 0.6) is 0 Å². The fourth-order valence-corrected chi connectivity index (χ4v) is 2.75. The smallest absolute Gasteiger partial charge is 0.338 e. The Morgan fingerprint density at radius 3 is 2.57 bits per heavy atom. The molecule has 1 atom stereocenters. The summed E-state index contributed by atoms with van der Waals surface area (Å²) in [5.41, 5.74) is 0.275. The molecule has 2 rings (SSSR count). The van der Waals surface area contributed by atoms with Crippen molar-refractivity contribution in [3.05, 3.63) is 35.4 Å². The molecule has 1 fully saturated rings. The van der Waals surface area contributed by atoms with E-state index in [0.29, 0.717) is 26.2 Å². The Morgan fingerprint density at radius 2 is 2.00 bits per heavy atom. The lowest BCUT2D eigenvalue weighted by molar-refractivity contribution is -0.118. The van der Waals surface area contributed by atoms with Gasteiger partial charge in [-0.25, -0.2) is 13.6 Å². The largest absolute Gasteiger partial charge is 0.465 e. The second kappa shape index (κ2) is 8.54. The van der Waals surface area contributed by atoms with E-state index in [4.69, 9.17) is 5.11 Å². The minimum atomic E-state index is -3.36. The number of nitrogens with one attached hydrogen (secondary N) is 1. The summed E-state index contributed by atoms with van der Waals surface area (Å²) in [6.07, 6.45) is 0. The summed E-state index contributed by atoms with van der Waals surface area (Å²) in [6, 6.07) is 4.79. The molecule has 0 unspecified atom stereocenters. The Bertz CT molecular complexity index is 525. The number of ether oxygens (including phenoxy) is 1. The van der Waals surface area contributed by atoms with Crippen LogP contribution in [0.1, 0.15) is 22.0 Å². The quantitative estimate of drug-likeness (QED) is 0.787. The van der Waals surface area contributed by atoms with Crippen molar-refractivity contribution in [2.24, 2.45) is 0 Å². The molecule has 1 aromatic carbocycles. The lowest BCUT2D eigenvalue weighted by Crippen LogP contribution is -2.51. The molecular weight excluding hydrogens is 330 g/mol. The van der Waals surface area contributed by atoms with Crippen LogP contribution in [-0.2, 0) is 4.74 Å². The number of rotatable bonds is 5. The van der Waals surface area contributed by atoms with Crippen molar-refractivity contribution in [2.75, 3.05) is 39.9 Å². The number of benzene rings is 1. The van der Waals surface area contributed by atoms with Gasteiger partial charge in [-0.1, -0.05) is 18.2 Å². The van der Waals surface area contributed by atoms with E-state index < -0.39 is 24.5 Å². The molecule has 1 saturated heterocycles. The van der Waals surface area contributed by atoms with Crippen LogP contribution >= 0.6 is 12.4 Å². The van der Waals surface area contributed by atoms with Gasteiger partial charge in [0.2, 0.25) is 0 Å². The molecule has 1 aliphatic rings. The molecule has 8 heteroatoms. The van der Waals surface area contributed by atoms with Gasteiger partial charge in [0, 0.05) is 26.2 Å². The molecule has 0 radical (unpaired) electrons. The zero-order valence-electron chi connectivity index (χ0n) is 12.8. The lowest BCUT2D eigenvalue weighted by Gasteiger charge is -2.39. The third kappa shape index (κ3) is 4.38. The van der Waals surface area contributed by atoms with Crippen LogP contribution < -0.4 is 5.32 Å². The Kier molecular flexibility index (Phi) is 7.34. The normalized spacial score (nSPS) is 17.2. The van der Waals surface area contributed by atoms with E-state index in [1.807, 2.05) is 0 Å². The lowest BCUT2D eigenvalue weighted by atomic mass is 9.93. The highest BCUT2D eigenvalue weighted by Crippen LogP contribution is 2.38. The van der Waals surface area contributed by atoms with Crippen molar-refractivity contribution in [1.29, 1.82) is 0 Å². The number of halogens is 3. The van der Waals surface area contributed by atoms with Gasteiger partial charge >= 0.3 is 5.97 Å². The molecule has 1 aromatic rings. The summed E-state index contributed by atoms with van der Waals surface area (Å²) >= 11 is 0. The average Bonchev–Trinajstić information content (AvgIpc) is 2.55. The van der Waals surface area contributed by atoms with Gasteiger partial charge in [0.25, 0.3) is 5.92 Å². The third-order valence-corrected chi connectivity index (χ3v) is 3.79. The molecule has 0 aliphatic carbocycles. The Balaban J connectivity index is 0.00000264. The third-order valence-electron chi connectivity index (χ3n) is 3.79. The Morgan fingerprint density at radius 1 is 1.39 bits per heavy atom. The van der Waals surface area contributed by atoms with Crippen LogP contribution in [0.3, 0.4) is 0 Å². The van der Waals surface area contributed by atoms with Gasteiger partial charge in [-0.3, -0.25) is 4.90 Å². The van der Waals surface area contributed by atoms with Gasteiger partial charge in [0.15, 0.2) is 0 Å². The molecule has 2 N–H and O–H groups in total. The van der Waals surface area contributed by atoms with Gasteiger partial charge in [0.1, 0.15) is 12.6 Å². The van der Waals surface area contributed by atoms with E-state index >= 15 is 0 Å². The second-order valence-corrected chi connectivity index (χ2v) is 5.19. The molecule has 23 heavy (non-hydrogen) atoms. The maximum Gasteiger partial charge on any atom is 0.338 e. The molecule has 0 aromatic heterocycles. The van der Waals surface area contributed by atoms with E-state index in [9.17, 15) is 13.6 Å². The molecule has 0 bridgehead atoms. The van der Waals surface area contributed by atoms with Crippen LogP contribution in [-0.4, -0.2) is 61.8 Å². The topological polar surface area (TPSA) is 61.8 Å². The Labute approximate surface area is 140 Å². The van der Waals surface area contributed by atoms with Crippen molar-refractivity contribution in [2.45, 2.75) is 12.0 Å². The number of piperazine rings is 1. The first kappa shape index (κ1) is 19.8. The monoisotopic (exact) mass is 350 g/mol. The number of esters is 1. The van der Waals surface area contributed by atoms with E-state index in [1.54, 1.807) is 17.0 Å². The summed E-state index contributed by atoms with van der Waals surface area (Å²) in [4.78, 5) is 13.5. The zero-order chi connectivity index (χ0) is 16.2. The van der Waals surface area contributed by atoms with Gasteiger partial charge in [-0.2, -0.15) is 0 Å². The first-order chi connectivity index (χ1) is 10.5. The molecule has 0 saturated carbocycles. The Hall–Kier alpha value is -1.28.